The highest BCUT2D eigenvalue weighted by molar-refractivity contribution is 6.40. The molecule has 6 heteroatoms. The minimum Gasteiger partial charge on any atom is -0.258 e. The number of pyridine rings is 2. The van der Waals surface area contributed by atoms with E-state index in [0.29, 0.717) is 27.0 Å². The van der Waals surface area contributed by atoms with Crippen LogP contribution in [-0.2, 0) is 0 Å². The summed E-state index contributed by atoms with van der Waals surface area (Å²) in [6.45, 7) is 0. The molecule has 0 aliphatic rings. The van der Waals surface area contributed by atoms with Crippen LogP contribution in [0.15, 0.2) is 36.5 Å². The maximum Gasteiger partial charge on any atom is 0.280 e. The molecule has 0 amide bonds. The first-order chi connectivity index (χ1) is 8.68. The summed E-state index contributed by atoms with van der Waals surface area (Å²) >= 11 is 6.24. The number of aromatic nitrogens is 2. The molecule has 18 heavy (non-hydrogen) atoms. The molecule has 5 nitrogen and oxygen atoms in total. The molecule has 3 aromatic rings. The second kappa shape index (κ2) is 3.89. The molecule has 2 heterocycles. The number of non-ortho nitro benzene ring substituents is 1. The number of nitrogens with zero attached hydrogens (tertiary/aromatic N) is 3. The molecule has 1 aromatic carbocycles. The smallest absolute Gasteiger partial charge is 0.258 e. The van der Waals surface area contributed by atoms with Gasteiger partial charge in [0.2, 0.25) is 0 Å². The largest absolute Gasteiger partial charge is 0.280 e. The Bertz CT molecular complexity index is 789. The van der Waals surface area contributed by atoms with Crippen LogP contribution in [0, 0.1) is 10.1 Å². The Kier molecular flexibility index (Phi) is 2.34. The van der Waals surface area contributed by atoms with Crippen molar-refractivity contribution < 1.29 is 4.92 Å². The lowest BCUT2D eigenvalue weighted by molar-refractivity contribution is -0.383. The van der Waals surface area contributed by atoms with Gasteiger partial charge in [-0.25, -0.2) is 9.97 Å². The molecule has 0 spiro atoms. The van der Waals surface area contributed by atoms with E-state index in [2.05, 4.69) is 9.97 Å². The van der Waals surface area contributed by atoms with Crippen molar-refractivity contribution in [3.8, 4) is 0 Å². The van der Waals surface area contributed by atoms with Crippen molar-refractivity contribution in [1.82, 2.24) is 9.97 Å². The molecule has 3 rings (SSSR count). The lowest BCUT2D eigenvalue weighted by Gasteiger charge is -2.04. The Hall–Kier alpha value is -2.27. The van der Waals surface area contributed by atoms with E-state index in [1.54, 1.807) is 30.5 Å². The number of nitro groups is 1. The monoisotopic (exact) mass is 259 g/mol. The number of rotatable bonds is 1. The van der Waals surface area contributed by atoms with Gasteiger partial charge in [-0.3, -0.25) is 10.1 Å². The Morgan fingerprint density at radius 2 is 2.06 bits per heavy atom. The van der Waals surface area contributed by atoms with E-state index in [1.807, 2.05) is 0 Å². The van der Waals surface area contributed by atoms with Gasteiger partial charge in [-0.05, 0) is 18.2 Å². The van der Waals surface area contributed by atoms with E-state index >= 15 is 0 Å². The summed E-state index contributed by atoms with van der Waals surface area (Å²) in [5.74, 6) is 0. The first-order valence-corrected chi connectivity index (χ1v) is 5.53. The molecule has 88 valence electrons. The van der Waals surface area contributed by atoms with Crippen LogP contribution in [0.3, 0.4) is 0 Å². The average molecular weight is 260 g/mol. The Morgan fingerprint density at radius 1 is 1.22 bits per heavy atom. The van der Waals surface area contributed by atoms with E-state index in [4.69, 9.17) is 11.6 Å². The Labute approximate surface area is 106 Å². The van der Waals surface area contributed by atoms with Crippen molar-refractivity contribution in [1.29, 1.82) is 0 Å². The first-order valence-electron chi connectivity index (χ1n) is 5.16. The molecular formula is C12H6ClN3O2. The molecule has 0 saturated heterocycles. The van der Waals surface area contributed by atoms with Crippen molar-refractivity contribution in [2.24, 2.45) is 0 Å². The van der Waals surface area contributed by atoms with Gasteiger partial charge in [0.1, 0.15) is 0 Å². The zero-order valence-corrected chi connectivity index (χ0v) is 9.76. The van der Waals surface area contributed by atoms with Crippen molar-refractivity contribution in [3.63, 3.8) is 0 Å². The SMILES string of the molecule is O=[N+]([O-])c1cccc2nc3ncccc3c(Cl)c12. The zero-order chi connectivity index (χ0) is 12.7. The summed E-state index contributed by atoms with van der Waals surface area (Å²) in [4.78, 5) is 18.9. The summed E-state index contributed by atoms with van der Waals surface area (Å²) in [5.41, 5.74) is 0.909. The average Bonchev–Trinajstić information content (AvgIpc) is 2.38. The second-order valence-electron chi connectivity index (χ2n) is 3.73. The second-order valence-corrected chi connectivity index (χ2v) is 4.11. The summed E-state index contributed by atoms with van der Waals surface area (Å²) in [6.07, 6.45) is 1.61. The highest BCUT2D eigenvalue weighted by Gasteiger charge is 2.17. The lowest BCUT2D eigenvalue weighted by Crippen LogP contribution is -1.93. The van der Waals surface area contributed by atoms with Crippen LogP contribution in [0.1, 0.15) is 0 Å². The van der Waals surface area contributed by atoms with Crippen molar-refractivity contribution in [2.45, 2.75) is 0 Å². The number of hydrogen-bond acceptors (Lipinski definition) is 4. The van der Waals surface area contributed by atoms with Crippen LogP contribution in [0.25, 0.3) is 21.9 Å². The third-order valence-corrected chi connectivity index (χ3v) is 3.08. The van der Waals surface area contributed by atoms with Crippen LogP contribution in [0.5, 0.6) is 0 Å². The normalized spacial score (nSPS) is 10.9. The third kappa shape index (κ3) is 1.48. The van der Waals surface area contributed by atoms with Gasteiger partial charge < -0.3 is 0 Å². The molecular weight excluding hydrogens is 254 g/mol. The van der Waals surface area contributed by atoms with Gasteiger partial charge in [-0.1, -0.05) is 17.7 Å². The fourth-order valence-electron chi connectivity index (χ4n) is 1.90. The van der Waals surface area contributed by atoms with Gasteiger partial charge >= 0.3 is 0 Å². The summed E-state index contributed by atoms with van der Waals surface area (Å²) in [6, 6.07) is 8.14. The maximum absolute atomic E-state index is 11.0. The topological polar surface area (TPSA) is 68.9 Å². The molecule has 0 bridgehead atoms. The quantitative estimate of drug-likeness (QED) is 0.382. The van der Waals surface area contributed by atoms with Gasteiger partial charge in [-0.15, -0.1) is 0 Å². The molecule has 0 aliphatic carbocycles. The van der Waals surface area contributed by atoms with Gasteiger partial charge in [0, 0.05) is 17.6 Å². The van der Waals surface area contributed by atoms with Crippen molar-refractivity contribution >= 4 is 39.2 Å². The molecule has 2 aromatic heterocycles. The highest BCUT2D eigenvalue weighted by Crippen LogP contribution is 2.35. The Balaban J connectivity index is 2.57. The van der Waals surface area contributed by atoms with Crippen LogP contribution >= 0.6 is 11.6 Å². The van der Waals surface area contributed by atoms with E-state index in [1.165, 1.54) is 6.07 Å². The number of hydrogen-bond donors (Lipinski definition) is 0. The number of fused-ring (bicyclic) bond motifs is 2. The number of halogens is 1. The highest BCUT2D eigenvalue weighted by atomic mass is 35.5. The van der Waals surface area contributed by atoms with Crippen molar-refractivity contribution in [2.75, 3.05) is 0 Å². The van der Waals surface area contributed by atoms with Gasteiger partial charge in [0.15, 0.2) is 5.65 Å². The predicted octanol–water partition coefficient (Wildman–Crippen LogP) is 3.34. The molecule has 0 N–H and O–H groups in total. The molecule has 0 aliphatic heterocycles. The minimum absolute atomic E-state index is 0.0456. The van der Waals surface area contributed by atoms with Gasteiger partial charge in [-0.2, -0.15) is 0 Å². The summed E-state index contributed by atoms with van der Waals surface area (Å²) in [5, 5.41) is 12.3. The predicted molar refractivity (Wildman–Crippen MR) is 68.7 cm³/mol. The van der Waals surface area contributed by atoms with E-state index in [-0.39, 0.29) is 5.69 Å². The fraction of sp³-hybridized carbons (Fsp3) is 0. The summed E-state index contributed by atoms with van der Waals surface area (Å²) < 4.78 is 0. The molecule has 0 unspecified atom stereocenters. The lowest BCUT2D eigenvalue weighted by atomic mass is 10.1. The molecule has 0 saturated carbocycles. The van der Waals surface area contributed by atoms with Gasteiger partial charge in [0.05, 0.1) is 20.8 Å². The molecule has 0 atom stereocenters. The van der Waals surface area contributed by atoms with Crippen molar-refractivity contribution in [3.05, 3.63) is 51.7 Å². The third-order valence-electron chi connectivity index (χ3n) is 2.69. The number of benzene rings is 1. The van der Waals surface area contributed by atoms with E-state index < -0.39 is 4.92 Å². The number of nitro benzene ring substituents is 1. The fourth-order valence-corrected chi connectivity index (χ4v) is 2.25. The van der Waals surface area contributed by atoms with Crippen LogP contribution < -0.4 is 0 Å². The molecule has 0 fully saturated rings. The molecule has 0 radical (unpaired) electrons. The van der Waals surface area contributed by atoms with Crippen LogP contribution in [0.4, 0.5) is 5.69 Å². The minimum atomic E-state index is -0.460. The van der Waals surface area contributed by atoms with Crippen LogP contribution in [-0.4, -0.2) is 14.9 Å². The summed E-state index contributed by atoms with van der Waals surface area (Å²) in [7, 11) is 0. The van der Waals surface area contributed by atoms with E-state index in [0.717, 1.165) is 0 Å². The Morgan fingerprint density at radius 3 is 2.83 bits per heavy atom. The van der Waals surface area contributed by atoms with Crippen LogP contribution in [0.2, 0.25) is 5.02 Å². The van der Waals surface area contributed by atoms with E-state index in [9.17, 15) is 10.1 Å². The maximum atomic E-state index is 11.0. The van der Waals surface area contributed by atoms with Gasteiger partial charge in [0.25, 0.3) is 5.69 Å². The first kappa shape index (κ1) is 10.9. The standard InChI is InChI=1S/C12H6ClN3O2/c13-11-7-3-2-6-14-12(7)15-8-4-1-5-9(10(8)11)16(17)18/h1-6H. The zero-order valence-electron chi connectivity index (χ0n) is 9.00.